The van der Waals surface area contributed by atoms with Gasteiger partial charge in [0.15, 0.2) is 9.84 Å². The summed E-state index contributed by atoms with van der Waals surface area (Å²) in [6.07, 6.45) is 0. The van der Waals surface area contributed by atoms with Gasteiger partial charge in [-0.25, -0.2) is 8.42 Å². The normalized spacial score (nSPS) is 11.2. The van der Waals surface area contributed by atoms with Gasteiger partial charge in [-0.1, -0.05) is 12.1 Å². The van der Waals surface area contributed by atoms with E-state index in [0.717, 1.165) is 0 Å². The number of nitrogens with zero attached hydrogens (tertiary/aromatic N) is 1. The van der Waals surface area contributed by atoms with Crippen LogP contribution in [0.2, 0.25) is 0 Å². The van der Waals surface area contributed by atoms with Gasteiger partial charge < -0.3 is 4.74 Å². The molecule has 0 aliphatic rings. The van der Waals surface area contributed by atoms with Crippen LogP contribution in [-0.2, 0) is 9.84 Å². The van der Waals surface area contributed by atoms with Crippen molar-refractivity contribution in [2.24, 2.45) is 0 Å². The molecule has 92 valence electrons. The molecule has 0 bridgehead atoms. The predicted octanol–water partition coefficient (Wildman–Crippen LogP) is 1.76. The molecule has 0 heterocycles. The summed E-state index contributed by atoms with van der Waals surface area (Å²) < 4.78 is 28.4. The maximum atomic E-state index is 11.5. The van der Waals surface area contributed by atoms with E-state index in [1.54, 1.807) is 38.1 Å². The Balaban J connectivity index is 2.61. The van der Waals surface area contributed by atoms with Crippen molar-refractivity contribution in [2.45, 2.75) is 19.1 Å². The molecule has 0 saturated heterocycles. The first-order valence-corrected chi connectivity index (χ1v) is 7.02. The Bertz CT molecular complexity index is 515. The van der Waals surface area contributed by atoms with Crippen molar-refractivity contribution in [3.63, 3.8) is 0 Å². The molecule has 1 rings (SSSR count). The van der Waals surface area contributed by atoms with Crippen molar-refractivity contribution in [3.05, 3.63) is 29.8 Å². The summed E-state index contributed by atoms with van der Waals surface area (Å²) in [4.78, 5) is 0. The molecule has 0 spiro atoms. The number of rotatable bonds is 5. The summed E-state index contributed by atoms with van der Waals surface area (Å²) in [6.45, 7) is 3.34. The molecule has 1 aromatic carbocycles. The number of nitriles is 1. The van der Waals surface area contributed by atoms with E-state index in [9.17, 15) is 8.42 Å². The first-order chi connectivity index (χ1) is 7.97. The zero-order chi connectivity index (χ0) is 12.9. The number of para-hydroxylation sites is 1. The SMILES string of the molecule is CC(C)S(=O)(=O)CCOc1ccccc1C#N. The number of sulfone groups is 1. The van der Waals surface area contributed by atoms with E-state index in [1.165, 1.54) is 0 Å². The van der Waals surface area contributed by atoms with E-state index < -0.39 is 15.1 Å². The molecule has 4 nitrogen and oxygen atoms in total. The Morgan fingerprint density at radius 1 is 1.35 bits per heavy atom. The Hall–Kier alpha value is -1.54. The predicted molar refractivity (Wildman–Crippen MR) is 65.6 cm³/mol. The molecule has 0 saturated carbocycles. The summed E-state index contributed by atoms with van der Waals surface area (Å²) in [7, 11) is -3.10. The minimum Gasteiger partial charge on any atom is -0.491 e. The monoisotopic (exact) mass is 253 g/mol. The lowest BCUT2D eigenvalue weighted by atomic mass is 10.2. The lowest BCUT2D eigenvalue weighted by molar-refractivity contribution is 0.339. The molecule has 0 aliphatic heterocycles. The lowest BCUT2D eigenvalue weighted by Gasteiger charge is -2.09. The molecule has 0 radical (unpaired) electrons. The highest BCUT2D eigenvalue weighted by atomic mass is 32.2. The quantitative estimate of drug-likeness (QED) is 0.802. The molecular weight excluding hydrogens is 238 g/mol. The molecule has 0 unspecified atom stereocenters. The maximum Gasteiger partial charge on any atom is 0.155 e. The number of hydrogen-bond donors (Lipinski definition) is 0. The van der Waals surface area contributed by atoms with Gasteiger partial charge in [-0.05, 0) is 26.0 Å². The Labute approximate surface area is 102 Å². The fourth-order valence-corrected chi connectivity index (χ4v) is 1.98. The number of hydrogen-bond acceptors (Lipinski definition) is 4. The maximum absolute atomic E-state index is 11.5. The van der Waals surface area contributed by atoms with Crippen LogP contribution in [0.5, 0.6) is 5.75 Å². The van der Waals surface area contributed by atoms with Crippen molar-refractivity contribution in [1.29, 1.82) is 5.26 Å². The minimum absolute atomic E-state index is 0.0373. The third-order valence-corrected chi connectivity index (χ3v) is 4.52. The van der Waals surface area contributed by atoms with Gasteiger partial charge in [0, 0.05) is 0 Å². The molecule has 0 amide bonds. The standard InChI is InChI=1S/C12H15NO3S/c1-10(2)17(14,15)8-7-16-12-6-4-3-5-11(12)9-13/h3-6,10H,7-8H2,1-2H3. The molecule has 5 heteroatoms. The van der Waals surface area contributed by atoms with Crippen LogP contribution in [0.15, 0.2) is 24.3 Å². The van der Waals surface area contributed by atoms with Gasteiger partial charge in [0.05, 0.1) is 16.6 Å². The summed E-state index contributed by atoms with van der Waals surface area (Å²) in [6, 6.07) is 8.75. The summed E-state index contributed by atoms with van der Waals surface area (Å²) in [5.74, 6) is 0.388. The van der Waals surface area contributed by atoms with Crippen LogP contribution in [0.4, 0.5) is 0 Å². The Morgan fingerprint density at radius 2 is 2.00 bits per heavy atom. The van der Waals surface area contributed by atoms with Crippen LogP contribution in [0.25, 0.3) is 0 Å². The van der Waals surface area contributed by atoms with Gasteiger partial charge in [-0.2, -0.15) is 5.26 Å². The molecular formula is C12H15NO3S. The molecule has 0 aromatic heterocycles. The third-order valence-electron chi connectivity index (χ3n) is 2.35. The average molecular weight is 253 g/mol. The topological polar surface area (TPSA) is 67.2 Å². The van der Waals surface area contributed by atoms with Crippen molar-refractivity contribution < 1.29 is 13.2 Å². The largest absolute Gasteiger partial charge is 0.491 e. The Kier molecular flexibility index (Phi) is 4.53. The van der Waals surface area contributed by atoms with E-state index in [-0.39, 0.29) is 12.4 Å². The van der Waals surface area contributed by atoms with Crippen LogP contribution in [0, 0.1) is 11.3 Å². The second-order valence-corrected chi connectivity index (χ2v) is 6.55. The van der Waals surface area contributed by atoms with Crippen LogP contribution in [-0.4, -0.2) is 26.0 Å². The van der Waals surface area contributed by atoms with E-state index >= 15 is 0 Å². The highest BCUT2D eigenvalue weighted by Gasteiger charge is 2.16. The fraction of sp³-hybridized carbons (Fsp3) is 0.417. The van der Waals surface area contributed by atoms with Crippen molar-refractivity contribution in [3.8, 4) is 11.8 Å². The minimum atomic E-state index is -3.10. The lowest BCUT2D eigenvalue weighted by Crippen LogP contribution is -2.22. The second kappa shape index (κ2) is 5.69. The fourth-order valence-electron chi connectivity index (χ4n) is 1.19. The second-order valence-electron chi connectivity index (χ2n) is 3.87. The van der Waals surface area contributed by atoms with Crippen LogP contribution in [0.1, 0.15) is 19.4 Å². The van der Waals surface area contributed by atoms with E-state index in [2.05, 4.69) is 0 Å². The van der Waals surface area contributed by atoms with E-state index in [1.807, 2.05) is 6.07 Å². The summed E-state index contributed by atoms with van der Waals surface area (Å²) >= 11 is 0. The van der Waals surface area contributed by atoms with Gasteiger partial charge in [-0.3, -0.25) is 0 Å². The number of benzene rings is 1. The zero-order valence-corrected chi connectivity index (χ0v) is 10.7. The summed E-state index contributed by atoms with van der Waals surface area (Å²) in [5.41, 5.74) is 0.412. The molecule has 17 heavy (non-hydrogen) atoms. The Morgan fingerprint density at radius 3 is 2.59 bits per heavy atom. The first kappa shape index (κ1) is 13.5. The summed E-state index contributed by atoms with van der Waals surface area (Å²) in [5, 5.41) is 8.41. The van der Waals surface area contributed by atoms with Gasteiger partial charge in [0.2, 0.25) is 0 Å². The molecule has 1 aromatic rings. The first-order valence-electron chi connectivity index (χ1n) is 5.31. The molecule has 0 N–H and O–H groups in total. The van der Waals surface area contributed by atoms with Crippen molar-refractivity contribution >= 4 is 9.84 Å². The smallest absolute Gasteiger partial charge is 0.155 e. The van der Waals surface area contributed by atoms with Gasteiger partial charge in [0.1, 0.15) is 18.4 Å². The van der Waals surface area contributed by atoms with Crippen LogP contribution >= 0.6 is 0 Å². The third kappa shape index (κ3) is 3.75. The van der Waals surface area contributed by atoms with Crippen LogP contribution < -0.4 is 4.74 Å². The highest BCUT2D eigenvalue weighted by molar-refractivity contribution is 7.91. The van der Waals surface area contributed by atoms with Crippen molar-refractivity contribution in [1.82, 2.24) is 0 Å². The molecule has 0 fully saturated rings. The van der Waals surface area contributed by atoms with Crippen molar-refractivity contribution in [2.75, 3.05) is 12.4 Å². The van der Waals surface area contributed by atoms with Crippen LogP contribution in [0.3, 0.4) is 0 Å². The van der Waals surface area contributed by atoms with E-state index in [0.29, 0.717) is 11.3 Å². The van der Waals surface area contributed by atoms with E-state index in [4.69, 9.17) is 10.00 Å². The molecule has 0 atom stereocenters. The molecule has 0 aliphatic carbocycles. The zero-order valence-electron chi connectivity index (χ0n) is 9.88. The average Bonchev–Trinajstić information content (AvgIpc) is 2.29. The van der Waals surface area contributed by atoms with Gasteiger partial charge in [-0.15, -0.1) is 0 Å². The van der Waals surface area contributed by atoms with Gasteiger partial charge >= 0.3 is 0 Å². The highest BCUT2D eigenvalue weighted by Crippen LogP contribution is 2.16. The van der Waals surface area contributed by atoms with Gasteiger partial charge in [0.25, 0.3) is 0 Å². The number of ether oxygens (including phenoxy) is 1.